The second kappa shape index (κ2) is 10.4. The molecule has 2 aromatic rings. The molecule has 0 aromatic heterocycles. The molecule has 1 fully saturated rings. The molecule has 0 saturated carbocycles. The predicted octanol–water partition coefficient (Wildman–Crippen LogP) is 5.29. The van der Waals surface area contributed by atoms with Gasteiger partial charge in [-0.25, -0.2) is 18.0 Å². The minimum absolute atomic E-state index is 0.106. The number of esters is 1. The third-order valence-corrected chi connectivity index (χ3v) is 4.97. The molecule has 0 N–H and O–H groups in total. The fourth-order valence-corrected chi connectivity index (χ4v) is 3.10. The van der Waals surface area contributed by atoms with Gasteiger partial charge in [0.15, 0.2) is 6.29 Å². The second-order valence-electron chi connectivity index (χ2n) is 6.45. The maximum Gasteiger partial charge on any atom is 0.343 e. The largest absolute Gasteiger partial charge is 0.490 e. The Morgan fingerprint density at radius 3 is 2.32 bits per heavy atom. The molecule has 1 saturated heterocycles. The van der Waals surface area contributed by atoms with Gasteiger partial charge in [-0.3, -0.25) is 0 Å². The lowest BCUT2D eigenvalue weighted by Crippen LogP contribution is -2.24. The van der Waals surface area contributed by atoms with Gasteiger partial charge in [-0.2, -0.15) is 8.78 Å². The molecular weight excluding hydrogens is 495 g/mol. The predicted molar refractivity (Wildman–Crippen MR) is 100 cm³/mol. The third kappa shape index (κ3) is 5.52. The van der Waals surface area contributed by atoms with Gasteiger partial charge in [0.2, 0.25) is 34.8 Å². The lowest BCUT2D eigenvalue weighted by Gasteiger charge is -2.22. The average Bonchev–Trinajstić information content (AvgIpc) is 2.78. The molecule has 1 aliphatic rings. The standard InChI is InChI=1S/C20H16BrF5O5/c21-11-5-4-10(9-12(11)28-7-8-30-13-3-1-2-6-29-13)20(27)31-19-17(25)15(23)14(22)16(24)18(19)26/h4-5,9,13H,1-3,6-8H2. The Morgan fingerprint density at radius 1 is 1.00 bits per heavy atom. The fraction of sp³-hybridized carbons (Fsp3) is 0.350. The highest BCUT2D eigenvalue weighted by Crippen LogP contribution is 2.31. The van der Waals surface area contributed by atoms with E-state index in [9.17, 15) is 26.7 Å². The van der Waals surface area contributed by atoms with Gasteiger partial charge in [-0.05, 0) is 53.4 Å². The van der Waals surface area contributed by atoms with Crippen molar-refractivity contribution in [1.82, 2.24) is 0 Å². The Bertz CT molecular complexity index is 936. The van der Waals surface area contributed by atoms with E-state index in [0.29, 0.717) is 11.1 Å². The van der Waals surface area contributed by atoms with Crippen molar-refractivity contribution in [1.29, 1.82) is 0 Å². The summed E-state index contributed by atoms with van der Waals surface area (Å²) in [5.41, 5.74) is -0.237. The first kappa shape index (κ1) is 23.4. The van der Waals surface area contributed by atoms with Crippen molar-refractivity contribution in [2.24, 2.45) is 0 Å². The van der Waals surface area contributed by atoms with Gasteiger partial charge in [0.1, 0.15) is 12.4 Å². The first-order valence-corrected chi connectivity index (χ1v) is 9.98. The molecule has 0 amide bonds. The van der Waals surface area contributed by atoms with Gasteiger partial charge in [0.25, 0.3) is 0 Å². The zero-order chi connectivity index (χ0) is 22.5. The van der Waals surface area contributed by atoms with Crippen LogP contribution in [-0.4, -0.2) is 32.1 Å². The molecule has 11 heteroatoms. The number of carbonyl (C=O) groups is 1. The number of rotatable bonds is 7. The van der Waals surface area contributed by atoms with Crippen molar-refractivity contribution < 1.29 is 45.7 Å². The Balaban J connectivity index is 1.66. The van der Waals surface area contributed by atoms with Crippen molar-refractivity contribution in [2.45, 2.75) is 25.6 Å². The Kier molecular flexibility index (Phi) is 7.84. The van der Waals surface area contributed by atoms with Crippen molar-refractivity contribution in [2.75, 3.05) is 19.8 Å². The first-order valence-electron chi connectivity index (χ1n) is 9.18. The molecule has 2 aromatic carbocycles. The summed E-state index contributed by atoms with van der Waals surface area (Å²) in [5.74, 6) is -14.1. The summed E-state index contributed by atoms with van der Waals surface area (Å²) in [7, 11) is 0. The average molecular weight is 511 g/mol. The lowest BCUT2D eigenvalue weighted by atomic mass is 10.2. The lowest BCUT2D eigenvalue weighted by molar-refractivity contribution is -0.165. The highest BCUT2D eigenvalue weighted by Gasteiger charge is 2.29. The van der Waals surface area contributed by atoms with Crippen LogP contribution in [0.2, 0.25) is 0 Å². The minimum Gasteiger partial charge on any atom is -0.490 e. The Hall–Kier alpha value is -2.24. The molecular formula is C20H16BrF5O5. The summed E-state index contributed by atoms with van der Waals surface area (Å²) in [5, 5.41) is 0. The summed E-state index contributed by atoms with van der Waals surface area (Å²) in [6, 6.07) is 3.81. The summed E-state index contributed by atoms with van der Waals surface area (Å²) in [6.45, 7) is 0.940. The quantitative estimate of drug-likeness (QED) is 0.126. The maximum atomic E-state index is 13.7. The van der Waals surface area contributed by atoms with E-state index in [-0.39, 0.29) is 30.8 Å². The Morgan fingerprint density at radius 2 is 1.68 bits per heavy atom. The molecule has 5 nitrogen and oxygen atoms in total. The number of carbonyl (C=O) groups excluding carboxylic acids is 1. The molecule has 0 radical (unpaired) electrons. The van der Waals surface area contributed by atoms with Gasteiger partial charge >= 0.3 is 5.97 Å². The van der Waals surface area contributed by atoms with E-state index < -0.39 is 40.8 Å². The van der Waals surface area contributed by atoms with Crippen LogP contribution in [0.15, 0.2) is 22.7 Å². The van der Waals surface area contributed by atoms with Gasteiger partial charge in [-0.1, -0.05) is 0 Å². The van der Waals surface area contributed by atoms with Crippen LogP contribution in [0.4, 0.5) is 22.0 Å². The van der Waals surface area contributed by atoms with Crippen LogP contribution in [0.5, 0.6) is 11.5 Å². The van der Waals surface area contributed by atoms with Gasteiger partial charge in [0.05, 0.1) is 16.6 Å². The summed E-state index contributed by atoms with van der Waals surface area (Å²) >= 11 is 3.22. The van der Waals surface area contributed by atoms with Gasteiger partial charge in [-0.15, -0.1) is 0 Å². The Labute approximate surface area is 182 Å². The van der Waals surface area contributed by atoms with E-state index in [1.165, 1.54) is 18.2 Å². The van der Waals surface area contributed by atoms with E-state index in [4.69, 9.17) is 14.2 Å². The monoisotopic (exact) mass is 510 g/mol. The molecule has 3 rings (SSSR count). The molecule has 1 unspecified atom stereocenters. The third-order valence-electron chi connectivity index (χ3n) is 4.31. The summed E-state index contributed by atoms with van der Waals surface area (Å²) < 4.78 is 88.5. The highest BCUT2D eigenvalue weighted by atomic mass is 79.9. The maximum absolute atomic E-state index is 13.7. The molecule has 0 bridgehead atoms. The molecule has 1 aliphatic heterocycles. The zero-order valence-corrected chi connectivity index (χ0v) is 17.4. The number of hydrogen-bond donors (Lipinski definition) is 0. The minimum atomic E-state index is -2.35. The molecule has 1 heterocycles. The normalized spacial score (nSPS) is 16.3. The molecule has 0 spiro atoms. The van der Waals surface area contributed by atoms with E-state index >= 15 is 0 Å². The zero-order valence-electron chi connectivity index (χ0n) is 15.9. The van der Waals surface area contributed by atoms with E-state index in [1.807, 2.05) is 0 Å². The van der Waals surface area contributed by atoms with Crippen LogP contribution < -0.4 is 9.47 Å². The van der Waals surface area contributed by atoms with E-state index in [2.05, 4.69) is 20.7 Å². The smallest absolute Gasteiger partial charge is 0.343 e. The van der Waals surface area contributed by atoms with Crippen LogP contribution >= 0.6 is 15.9 Å². The number of hydrogen-bond acceptors (Lipinski definition) is 5. The van der Waals surface area contributed by atoms with Crippen LogP contribution in [0, 0.1) is 29.1 Å². The van der Waals surface area contributed by atoms with Crippen LogP contribution in [0.1, 0.15) is 29.6 Å². The van der Waals surface area contributed by atoms with Crippen LogP contribution in [0.3, 0.4) is 0 Å². The molecule has 168 valence electrons. The first-order chi connectivity index (χ1) is 14.8. The summed E-state index contributed by atoms with van der Waals surface area (Å²) in [4.78, 5) is 12.2. The summed E-state index contributed by atoms with van der Waals surface area (Å²) in [6.07, 6.45) is 2.47. The van der Waals surface area contributed by atoms with Gasteiger partial charge < -0.3 is 18.9 Å². The van der Waals surface area contributed by atoms with Crippen LogP contribution in [0.25, 0.3) is 0 Å². The van der Waals surface area contributed by atoms with Gasteiger partial charge in [0, 0.05) is 6.61 Å². The highest BCUT2D eigenvalue weighted by molar-refractivity contribution is 9.10. The number of halogens is 6. The van der Waals surface area contributed by atoms with Crippen molar-refractivity contribution in [3.8, 4) is 11.5 Å². The number of benzene rings is 2. The number of ether oxygens (including phenoxy) is 4. The molecule has 1 atom stereocenters. The van der Waals surface area contributed by atoms with Crippen LogP contribution in [-0.2, 0) is 9.47 Å². The van der Waals surface area contributed by atoms with E-state index in [0.717, 1.165) is 19.3 Å². The molecule has 31 heavy (non-hydrogen) atoms. The SMILES string of the molecule is O=C(Oc1c(F)c(F)c(F)c(F)c1F)c1ccc(Br)c(OCCOC2CCCCO2)c1. The second-order valence-corrected chi connectivity index (χ2v) is 7.30. The van der Waals surface area contributed by atoms with Crippen molar-refractivity contribution >= 4 is 21.9 Å². The van der Waals surface area contributed by atoms with Crippen molar-refractivity contribution in [3.63, 3.8) is 0 Å². The van der Waals surface area contributed by atoms with Crippen molar-refractivity contribution in [3.05, 3.63) is 57.3 Å². The fourth-order valence-electron chi connectivity index (χ4n) is 2.74. The molecule has 0 aliphatic carbocycles. The topological polar surface area (TPSA) is 54.0 Å². The van der Waals surface area contributed by atoms with E-state index in [1.54, 1.807) is 0 Å².